The number of methoxy groups -OCH3 is 1. The van der Waals surface area contributed by atoms with Crippen molar-refractivity contribution in [3.8, 4) is 5.75 Å². The Hall–Kier alpha value is -1.52. The van der Waals surface area contributed by atoms with Crippen molar-refractivity contribution in [2.45, 2.75) is 0 Å². The van der Waals surface area contributed by atoms with Gasteiger partial charge in [0.2, 0.25) is 0 Å². The highest BCUT2D eigenvalue weighted by Crippen LogP contribution is 2.36. The molecule has 1 aromatic carbocycles. The number of fused-ring (bicyclic) bond motifs is 1. The van der Waals surface area contributed by atoms with Gasteiger partial charge in [-0.15, -0.1) is 0 Å². The molecule has 0 radical (unpaired) electrons. The van der Waals surface area contributed by atoms with Gasteiger partial charge in [0.05, 0.1) is 22.7 Å². The first-order valence-corrected chi connectivity index (χ1v) is 5.36. The number of carboxylic acid groups (broad SMARTS) is 1. The van der Waals surface area contributed by atoms with Gasteiger partial charge in [-0.1, -0.05) is 23.2 Å². The molecule has 0 saturated heterocycles. The third-order valence-electron chi connectivity index (χ3n) is 2.31. The predicted molar refractivity (Wildman–Crippen MR) is 65.3 cm³/mol. The summed E-state index contributed by atoms with van der Waals surface area (Å²) < 4.78 is 5.11. The molecular formula is C11H7Cl2NO3. The third-order valence-corrected chi connectivity index (χ3v) is 3.02. The Morgan fingerprint density at radius 2 is 2.12 bits per heavy atom. The summed E-state index contributed by atoms with van der Waals surface area (Å²) in [5.74, 6) is -0.749. The second-order valence-electron chi connectivity index (χ2n) is 3.27. The number of benzene rings is 1. The summed E-state index contributed by atoms with van der Waals surface area (Å²) >= 11 is 11.9. The van der Waals surface area contributed by atoms with E-state index >= 15 is 0 Å². The fourth-order valence-corrected chi connectivity index (χ4v) is 2.04. The van der Waals surface area contributed by atoms with Gasteiger partial charge in [-0.25, -0.2) is 4.79 Å². The molecule has 0 saturated carbocycles. The molecule has 17 heavy (non-hydrogen) atoms. The summed E-state index contributed by atoms with van der Waals surface area (Å²) in [6, 6.07) is 3.20. The number of carboxylic acids is 1. The summed E-state index contributed by atoms with van der Waals surface area (Å²) in [5, 5.41) is 9.94. The Morgan fingerprint density at radius 3 is 2.71 bits per heavy atom. The normalized spacial score (nSPS) is 10.5. The molecule has 1 heterocycles. The zero-order valence-electron chi connectivity index (χ0n) is 8.70. The van der Waals surface area contributed by atoms with Gasteiger partial charge in [0.15, 0.2) is 5.75 Å². The van der Waals surface area contributed by atoms with E-state index in [9.17, 15) is 4.79 Å². The maximum atomic E-state index is 10.9. The Kier molecular flexibility index (Phi) is 3.09. The van der Waals surface area contributed by atoms with E-state index in [1.54, 1.807) is 12.1 Å². The molecule has 0 spiro atoms. The second kappa shape index (κ2) is 4.39. The van der Waals surface area contributed by atoms with E-state index < -0.39 is 5.97 Å². The lowest BCUT2D eigenvalue weighted by molar-refractivity contribution is 0.0697. The van der Waals surface area contributed by atoms with Crippen LogP contribution in [0.3, 0.4) is 0 Å². The van der Waals surface area contributed by atoms with Gasteiger partial charge in [0.25, 0.3) is 0 Å². The third kappa shape index (κ3) is 1.90. The van der Waals surface area contributed by atoms with Gasteiger partial charge < -0.3 is 9.84 Å². The van der Waals surface area contributed by atoms with Crippen molar-refractivity contribution in [1.82, 2.24) is 4.98 Å². The zero-order chi connectivity index (χ0) is 12.6. The van der Waals surface area contributed by atoms with E-state index in [0.717, 1.165) is 0 Å². The van der Waals surface area contributed by atoms with Crippen molar-refractivity contribution in [1.29, 1.82) is 0 Å². The van der Waals surface area contributed by atoms with Gasteiger partial charge in [-0.3, -0.25) is 4.98 Å². The minimum absolute atomic E-state index is 0.0523. The largest absolute Gasteiger partial charge is 0.493 e. The molecule has 0 unspecified atom stereocenters. The minimum Gasteiger partial charge on any atom is -0.493 e. The number of aromatic carboxylic acids is 1. The number of aromatic nitrogens is 1. The quantitative estimate of drug-likeness (QED) is 0.911. The van der Waals surface area contributed by atoms with E-state index in [-0.39, 0.29) is 10.6 Å². The minimum atomic E-state index is -1.13. The molecule has 4 nitrogen and oxygen atoms in total. The van der Waals surface area contributed by atoms with Crippen LogP contribution >= 0.6 is 23.2 Å². The molecule has 0 bridgehead atoms. The molecule has 0 atom stereocenters. The SMILES string of the molecule is COc1c(Cl)ccc2c(Cl)c(C(=O)O)cnc12. The molecule has 0 amide bonds. The van der Waals surface area contributed by atoms with Crippen LogP contribution in [0.15, 0.2) is 18.3 Å². The number of carbonyl (C=O) groups is 1. The Bertz CT molecular complexity index is 613. The van der Waals surface area contributed by atoms with Crippen LogP contribution in [0.4, 0.5) is 0 Å². The summed E-state index contributed by atoms with van der Waals surface area (Å²) in [6.07, 6.45) is 1.19. The summed E-state index contributed by atoms with van der Waals surface area (Å²) in [7, 11) is 1.46. The van der Waals surface area contributed by atoms with Gasteiger partial charge in [-0.05, 0) is 12.1 Å². The van der Waals surface area contributed by atoms with E-state index in [4.69, 9.17) is 33.0 Å². The van der Waals surface area contributed by atoms with Crippen LogP contribution < -0.4 is 4.74 Å². The first kappa shape index (κ1) is 12.0. The van der Waals surface area contributed by atoms with E-state index in [2.05, 4.69) is 4.98 Å². The lowest BCUT2D eigenvalue weighted by Gasteiger charge is -2.08. The molecular weight excluding hydrogens is 265 g/mol. The van der Waals surface area contributed by atoms with Crippen LogP contribution in [0.1, 0.15) is 10.4 Å². The van der Waals surface area contributed by atoms with Crippen LogP contribution in [0.2, 0.25) is 10.0 Å². The second-order valence-corrected chi connectivity index (χ2v) is 4.05. The number of hydrogen-bond donors (Lipinski definition) is 1. The van der Waals surface area contributed by atoms with Crippen LogP contribution in [-0.2, 0) is 0 Å². The lowest BCUT2D eigenvalue weighted by atomic mass is 10.1. The van der Waals surface area contributed by atoms with Crippen LogP contribution in [0, 0.1) is 0 Å². The fourth-order valence-electron chi connectivity index (χ4n) is 1.53. The smallest absolute Gasteiger partial charge is 0.338 e. The number of nitrogens with zero attached hydrogens (tertiary/aromatic N) is 1. The van der Waals surface area contributed by atoms with Gasteiger partial charge in [0.1, 0.15) is 5.52 Å². The zero-order valence-corrected chi connectivity index (χ0v) is 10.2. The first-order chi connectivity index (χ1) is 8.06. The molecule has 2 rings (SSSR count). The maximum Gasteiger partial charge on any atom is 0.338 e. The molecule has 0 aliphatic carbocycles. The molecule has 88 valence electrons. The molecule has 2 aromatic rings. The standard InChI is InChI=1S/C11H7Cl2NO3/c1-17-10-7(12)3-2-5-8(13)6(11(15)16)4-14-9(5)10/h2-4H,1H3,(H,15,16). The van der Waals surface area contributed by atoms with Gasteiger partial charge in [0, 0.05) is 11.6 Å². The van der Waals surface area contributed by atoms with Gasteiger partial charge >= 0.3 is 5.97 Å². The molecule has 0 aliphatic rings. The van der Waals surface area contributed by atoms with Crippen molar-refractivity contribution in [3.05, 3.63) is 33.9 Å². The van der Waals surface area contributed by atoms with Crippen LogP contribution in [0.5, 0.6) is 5.75 Å². The number of pyridine rings is 1. The highest BCUT2D eigenvalue weighted by Gasteiger charge is 2.16. The average Bonchev–Trinajstić information content (AvgIpc) is 2.28. The average molecular weight is 272 g/mol. The van der Waals surface area contributed by atoms with Crippen molar-refractivity contribution < 1.29 is 14.6 Å². The Labute approximate surface area is 107 Å². The van der Waals surface area contributed by atoms with Crippen molar-refractivity contribution in [2.75, 3.05) is 7.11 Å². The number of hydrogen-bond acceptors (Lipinski definition) is 3. The van der Waals surface area contributed by atoms with Crippen molar-refractivity contribution >= 4 is 40.1 Å². The highest BCUT2D eigenvalue weighted by atomic mass is 35.5. The lowest BCUT2D eigenvalue weighted by Crippen LogP contribution is -2.00. The molecule has 6 heteroatoms. The maximum absolute atomic E-state index is 10.9. The summed E-state index contributed by atoms with van der Waals surface area (Å²) in [6.45, 7) is 0. The number of halogens is 2. The van der Waals surface area contributed by atoms with E-state index in [1.807, 2.05) is 0 Å². The number of ether oxygens (including phenoxy) is 1. The molecule has 0 aliphatic heterocycles. The molecule has 0 fully saturated rings. The highest BCUT2D eigenvalue weighted by molar-refractivity contribution is 6.39. The van der Waals surface area contributed by atoms with Crippen molar-refractivity contribution in [2.24, 2.45) is 0 Å². The van der Waals surface area contributed by atoms with E-state index in [0.29, 0.717) is 21.7 Å². The van der Waals surface area contributed by atoms with Crippen LogP contribution in [-0.4, -0.2) is 23.2 Å². The fraction of sp³-hybridized carbons (Fsp3) is 0.0909. The van der Waals surface area contributed by atoms with Crippen molar-refractivity contribution in [3.63, 3.8) is 0 Å². The van der Waals surface area contributed by atoms with E-state index in [1.165, 1.54) is 13.3 Å². The monoisotopic (exact) mass is 271 g/mol. The Morgan fingerprint density at radius 1 is 1.41 bits per heavy atom. The Balaban J connectivity index is 2.85. The summed E-state index contributed by atoms with van der Waals surface area (Å²) in [4.78, 5) is 14.9. The predicted octanol–water partition coefficient (Wildman–Crippen LogP) is 3.25. The molecule has 1 aromatic heterocycles. The first-order valence-electron chi connectivity index (χ1n) is 4.60. The van der Waals surface area contributed by atoms with Gasteiger partial charge in [-0.2, -0.15) is 0 Å². The summed E-state index contributed by atoms with van der Waals surface area (Å²) in [5.41, 5.74) is 0.388. The topological polar surface area (TPSA) is 59.4 Å². The number of rotatable bonds is 2. The molecule has 1 N–H and O–H groups in total. The van der Waals surface area contributed by atoms with Crippen LogP contribution in [0.25, 0.3) is 10.9 Å².